The Kier molecular flexibility index (Phi) is 9.81. The number of benzene rings is 2. The van der Waals surface area contributed by atoms with Crippen LogP contribution >= 0.6 is 23.1 Å². The average molecular weight is 611 g/mol. The SMILES string of the molecule is C[N+](C)(C)CCCN1C(=CC=Cc2sc3ccccc3[n+]2CCCS(=O)(=O)[O-])Sc2ccccc21.[Br-]. The Morgan fingerprint density at radius 2 is 1.78 bits per heavy atom. The predicted octanol–water partition coefficient (Wildman–Crippen LogP) is 1.69. The van der Waals surface area contributed by atoms with Gasteiger partial charge < -0.3 is 30.9 Å². The molecule has 0 fully saturated rings. The van der Waals surface area contributed by atoms with Crippen LogP contribution in [0.1, 0.15) is 17.8 Å². The van der Waals surface area contributed by atoms with Crippen molar-refractivity contribution in [1.29, 1.82) is 0 Å². The maximum atomic E-state index is 11.1. The van der Waals surface area contributed by atoms with Gasteiger partial charge in [-0.25, -0.2) is 8.42 Å². The van der Waals surface area contributed by atoms with Crippen LogP contribution in [0.2, 0.25) is 0 Å². The quantitative estimate of drug-likeness (QED) is 0.199. The van der Waals surface area contributed by atoms with E-state index in [1.54, 1.807) is 23.1 Å². The summed E-state index contributed by atoms with van der Waals surface area (Å²) in [6.07, 6.45) is 7.71. The van der Waals surface area contributed by atoms with Crippen LogP contribution < -0.4 is 26.4 Å². The second-order valence-corrected chi connectivity index (χ2v) is 13.3. The van der Waals surface area contributed by atoms with E-state index < -0.39 is 10.1 Å². The molecule has 0 radical (unpaired) electrons. The van der Waals surface area contributed by atoms with E-state index in [1.165, 1.54) is 15.6 Å². The number of aromatic nitrogens is 1. The lowest BCUT2D eigenvalue weighted by molar-refractivity contribution is -0.870. The summed E-state index contributed by atoms with van der Waals surface area (Å²) in [5.41, 5.74) is 2.31. The van der Waals surface area contributed by atoms with E-state index >= 15 is 0 Å². The molecule has 0 saturated carbocycles. The number of fused-ring (bicyclic) bond motifs is 2. The number of allylic oxidation sites excluding steroid dienone is 2. The summed E-state index contributed by atoms with van der Waals surface area (Å²) in [5.74, 6) is -0.353. The fraction of sp³-hybridized carbons (Fsp3) is 0.346. The molecule has 1 aromatic heterocycles. The van der Waals surface area contributed by atoms with E-state index in [0.717, 1.165) is 39.2 Å². The van der Waals surface area contributed by atoms with Crippen molar-refractivity contribution < 1.29 is 39.0 Å². The van der Waals surface area contributed by atoms with Gasteiger partial charge in [0.25, 0.3) is 5.01 Å². The smallest absolute Gasteiger partial charge is 0.262 e. The Morgan fingerprint density at radius 3 is 2.53 bits per heavy atom. The van der Waals surface area contributed by atoms with Crippen molar-refractivity contribution in [1.82, 2.24) is 0 Å². The number of anilines is 1. The molecule has 1 aliphatic rings. The number of halogens is 1. The minimum atomic E-state index is -4.22. The van der Waals surface area contributed by atoms with Gasteiger partial charge in [0.1, 0.15) is 4.70 Å². The Labute approximate surface area is 233 Å². The van der Waals surface area contributed by atoms with Gasteiger partial charge in [0, 0.05) is 42.2 Å². The summed E-state index contributed by atoms with van der Waals surface area (Å²) in [5, 5.41) is 2.23. The molecule has 0 amide bonds. The summed E-state index contributed by atoms with van der Waals surface area (Å²) in [6, 6.07) is 16.6. The fourth-order valence-electron chi connectivity index (χ4n) is 4.13. The molecule has 4 rings (SSSR count). The summed E-state index contributed by atoms with van der Waals surface area (Å²) >= 11 is 3.45. The molecule has 0 unspecified atom stereocenters. The first kappa shape index (κ1) is 28.9. The zero-order chi connectivity index (χ0) is 25.1. The number of para-hydroxylation sites is 2. The maximum Gasteiger partial charge on any atom is 0.262 e. The third-order valence-electron chi connectivity index (χ3n) is 5.74. The number of hydrogen-bond donors (Lipinski definition) is 0. The molecule has 10 heteroatoms. The topological polar surface area (TPSA) is 64.3 Å². The highest BCUT2D eigenvalue weighted by molar-refractivity contribution is 8.03. The first-order valence-corrected chi connectivity index (χ1v) is 14.9. The molecule has 2 heterocycles. The highest BCUT2D eigenvalue weighted by Crippen LogP contribution is 2.45. The number of hydrogen-bond acceptors (Lipinski definition) is 6. The third kappa shape index (κ3) is 7.66. The lowest BCUT2D eigenvalue weighted by Crippen LogP contribution is -3.00. The molecule has 0 aliphatic carbocycles. The minimum absolute atomic E-state index is 0. The zero-order valence-corrected chi connectivity index (χ0v) is 24.8. The van der Waals surface area contributed by atoms with Crippen molar-refractivity contribution in [2.75, 3.05) is 44.9 Å². The molecule has 0 saturated heterocycles. The molecule has 0 atom stereocenters. The van der Waals surface area contributed by atoms with E-state index in [9.17, 15) is 13.0 Å². The van der Waals surface area contributed by atoms with Crippen LogP contribution in [0.25, 0.3) is 16.3 Å². The van der Waals surface area contributed by atoms with E-state index in [4.69, 9.17) is 0 Å². The number of thiazole rings is 1. The van der Waals surface area contributed by atoms with Crippen LogP contribution in [0, 0.1) is 0 Å². The van der Waals surface area contributed by atoms with Crippen molar-refractivity contribution in [2.45, 2.75) is 24.3 Å². The molecular weight excluding hydrogens is 578 g/mol. The molecule has 1 aliphatic heterocycles. The van der Waals surface area contributed by atoms with Gasteiger partial charge in [-0.15, -0.1) is 0 Å². The van der Waals surface area contributed by atoms with E-state index in [-0.39, 0.29) is 22.7 Å². The molecule has 0 bridgehead atoms. The number of rotatable bonds is 10. The van der Waals surface area contributed by atoms with Crippen LogP contribution in [0.5, 0.6) is 0 Å². The molecular formula is C26H32BrN3O3S3. The average Bonchev–Trinajstić information content (AvgIpc) is 3.30. The van der Waals surface area contributed by atoms with Gasteiger partial charge in [-0.3, -0.25) is 0 Å². The zero-order valence-electron chi connectivity index (χ0n) is 20.8. The molecule has 6 nitrogen and oxygen atoms in total. The maximum absolute atomic E-state index is 11.1. The minimum Gasteiger partial charge on any atom is -1.00 e. The lowest BCUT2D eigenvalue weighted by Gasteiger charge is -2.26. The van der Waals surface area contributed by atoms with Gasteiger partial charge in [-0.2, -0.15) is 4.57 Å². The van der Waals surface area contributed by atoms with Gasteiger partial charge in [0.2, 0.25) is 5.52 Å². The van der Waals surface area contributed by atoms with Crippen LogP contribution in [-0.4, -0.2) is 57.4 Å². The molecule has 2 aromatic carbocycles. The highest BCUT2D eigenvalue weighted by atomic mass is 79.9. The van der Waals surface area contributed by atoms with Crippen LogP contribution in [0.3, 0.4) is 0 Å². The molecule has 194 valence electrons. The van der Waals surface area contributed by atoms with Crippen LogP contribution in [0.15, 0.2) is 70.6 Å². The summed E-state index contributed by atoms with van der Waals surface area (Å²) in [7, 11) is 2.45. The number of nitrogens with zero attached hydrogens (tertiary/aromatic N) is 3. The van der Waals surface area contributed by atoms with Crippen molar-refractivity contribution in [3.05, 3.63) is 70.7 Å². The Balaban J connectivity index is 0.00000361. The molecule has 36 heavy (non-hydrogen) atoms. The van der Waals surface area contributed by atoms with Gasteiger partial charge >= 0.3 is 0 Å². The third-order valence-corrected chi connectivity index (χ3v) is 8.79. The van der Waals surface area contributed by atoms with E-state index in [0.29, 0.717) is 13.0 Å². The normalized spacial score (nSPS) is 15.1. The standard InChI is InChI=1S/C26H32N3O3S3.BrH/c1-29(2,3)19-9-17-27-21-11-4-6-13-23(21)33-25(27)15-8-16-26-28(18-10-20-35(30,31)32)22-12-5-7-14-24(22)34-26;/h4-8,11-16H,9-10,17-20H2,1-3H3;1H/q+1;/p-1. The molecule has 0 spiro atoms. The second-order valence-electron chi connectivity index (χ2n) is 9.63. The summed E-state index contributed by atoms with van der Waals surface area (Å²) < 4.78 is 37.5. The monoisotopic (exact) mass is 609 g/mol. The summed E-state index contributed by atoms with van der Waals surface area (Å²) in [6.45, 7) is 2.55. The van der Waals surface area contributed by atoms with Gasteiger partial charge in [0.15, 0.2) is 6.54 Å². The van der Waals surface area contributed by atoms with Crippen molar-refractivity contribution in [3.8, 4) is 0 Å². The lowest BCUT2D eigenvalue weighted by atomic mass is 10.2. The predicted molar refractivity (Wildman–Crippen MR) is 145 cm³/mol. The van der Waals surface area contributed by atoms with E-state index in [1.807, 2.05) is 18.2 Å². The number of thioether (sulfide) groups is 1. The summed E-state index contributed by atoms with van der Waals surface area (Å²) in [4.78, 5) is 3.67. The van der Waals surface area contributed by atoms with Gasteiger partial charge in [0.05, 0.1) is 48.5 Å². The second kappa shape index (κ2) is 12.2. The van der Waals surface area contributed by atoms with Gasteiger partial charge in [-0.05, 0) is 24.3 Å². The van der Waals surface area contributed by atoms with Crippen LogP contribution in [-0.2, 0) is 16.7 Å². The molecule has 0 N–H and O–H groups in total. The Hall–Kier alpha value is -1.69. The Morgan fingerprint density at radius 1 is 1.06 bits per heavy atom. The first-order chi connectivity index (χ1) is 16.6. The molecule has 3 aromatic rings. The van der Waals surface area contributed by atoms with Crippen molar-refractivity contribution in [3.63, 3.8) is 0 Å². The largest absolute Gasteiger partial charge is 1.00 e. The van der Waals surface area contributed by atoms with Gasteiger partial charge in [-0.1, -0.05) is 53.4 Å². The first-order valence-electron chi connectivity index (χ1n) is 11.7. The van der Waals surface area contributed by atoms with E-state index in [2.05, 4.69) is 79.2 Å². The van der Waals surface area contributed by atoms with Crippen molar-refractivity contribution in [2.24, 2.45) is 0 Å². The highest BCUT2D eigenvalue weighted by Gasteiger charge is 2.25. The Bertz CT molecular complexity index is 1360. The van der Waals surface area contributed by atoms with Crippen molar-refractivity contribution >= 4 is 55.2 Å². The van der Waals surface area contributed by atoms with Crippen LogP contribution in [0.4, 0.5) is 5.69 Å². The number of quaternary nitrogens is 1. The number of aryl methyl sites for hydroxylation is 1. The fourth-order valence-corrected chi connectivity index (χ4v) is 6.82.